The first-order valence-corrected chi connectivity index (χ1v) is 9.14. The molecular weight excluding hydrogens is 290 g/mol. The summed E-state index contributed by atoms with van der Waals surface area (Å²) in [5, 5.41) is 8.82. The van der Waals surface area contributed by atoms with E-state index in [1.165, 1.54) is 25.7 Å². The Morgan fingerprint density at radius 1 is 1.13 bits per heavy atom. The monoisotopic (exact) mass is 317 g/mol. The summed E-state index contributed by atoms with van der Waals surface area (Å²) in [5.74, 6) is 4.19. The molecule has 126 valence electrons. The summed E-state index contributed by atoms with van der Waals surface area (Å²) >= 11 is 0. The van der Waals surface area contributed by atoms with E-state index >= 15 is 0 Å². The number of fused-ring (bicyclic) bond motifs is 1. The largest absolute Gasteiger partial charge is 0.333 e. The fourth-order valence-electron chi connectivity index (χ4n) is 4.49. The second kappa shape index (κ2) is 6.23. The third-order valence-electron chi connectivity index (χ3n) is 5.98. The van der Waals surface area contributed by atoms with Gasteiger partial charge in [-0.2, -0.15) is 0 Å². The van der Waals surface area contributed by atoms with E-state index in [-0.39, 0.29) is 5.91 Å². The Morgan fingerprint density at radius 2 is 1.91 bits per heavy atom. The van der Waals surface area contributed by atoms with Crippen LogP contribution in [-0.4, -0.2) is 38.7 Å². The van der Waals surface area contributed by atoms with E-state index in [9.17, 15) is 4.79 Å². The summed E-state index contributed by atoms with van der Waals surface area (Å²) in [4.78, 5) is 14.5. The molecule has 2 aliphatic carbocycles. The van der Waals surface area contributed by atoms with Gasteiger partial charge in [-0.1, -0.05) is 12.8 Å². The van der Waals surface area contributed by atoms with E-state index in [0.29, 0.717) is 30.7 Å². The van der Waals surface area contributed by atoms with Gasteiger partial charge in [0.05, 0.1) is 6.54 Å². The molecule has 0 bridgehead atoms. The highest BCUT2D eigenvalue weighted by Crippen LogP contribution is 2.36. The van der Waals surface area contributed by atoms with Crippen molar-refractivity contribution in [1.29, 1.82) is 0 Å². The van der Waals surface area contributed by atoms with Crippen molar-refractivity contribution in [2.24, 2.45) is 17.6 Å². The molecule has 6 nitrogen and oxygen atoms in total. The van der Waals surface area contributed by atoms with E-state index < -0.39 is 0 Å². The maximum absolute atomic E-state index is 12.5. The van der Waals surface area contributed by atoms with Gasteiger partial charge < -0.3 is 15.2 Å². The normalized spacial score (nSPS) is 27.8. The van der Waals surface area contributed by atoms with Crippen LogP contribution in [0.4, 0.5) is 0 Å². The van der Waals surface area contributed by atoms with E-state index in [1.807, 2.05) is 4.90 Å². The second-order valence-corrected chi connectivity index (χ2v) is 7.57. The number of rotatable bonds is 4. The van der Waals surface area contributed by atoms with Crippen LogP contribution >= 0.6 is 0 Å². The summed E-state index contributed by atoms with van der Waals surface area (Å²) in [6, 6.07) is 0. The Hall–Kier alpha value is -1.43. The summed E-state index contributed by atoms with van der Waals surface area (Å²) in [6.07, 6.45) is 8.02. The van der Waals surface area contributed by atoms with Crippen LogP contribution in [0.5, 0.6) is 0 Å². The van der Waals surface area contributed by atoms with Gasteiger partial charge in [0, 0.05) is 25.4 Å². The van der Waals surface area contributed by atoms with Gasteiger partial charge in [0.1, 0.15) is 5.82 Å². The van der Waals surface area contributed by atoms with Gasteiger partial charge in [0.25, 0.3) is 0 Å². The number of hydrogen-bond donors (Lipinski definition) is 1. The maximum Gasteiger partial charge on any atom is 0.223 e. The van der Waals surface area contributed by atoms with Crippen molar-refractivity contribution in [3.05, 3.63) is 11.6 Å². The lowest BCUT2D eigenvalue weighted by molar-refractivity contribution is -0.134. The Kier molecular flexibility index (Phi) is 4.09. The molecule has 23 heavy (non-hydrogen) atoms. The van der Waals surface area contributed by atoms with Crippen molar-refractivity contribution in [3.8, 4) is 0 Å². The van der Waals surface area contributed by atoms with Crippen LogP contribution in [-0.2, 0) is 17.9 Å². The molecule has 2 N–H and O–H groups in total. The molecule has 1 aliphatic heterocycles. The Bertz CT molecular complexity index is 572. The van der Waals surface area contributed by atoms with Gasteiger partial charge in [-0.05, 0) is 44.1 Å². The van der Waals surface area contributed by atoms with Crippen LogP contribution in [0.25, 0.3) is 0 Å². The highest BCUT2D eigenvalue weighted by Gasteiger charge is 2.33. The third kappa shape index (κ3) is 2.89. The van der Waals surface area contributed by atoms with Crippen LogP contribution in [0.3, 0.4) is 0 Å². The fraction of sp³-hybridized carbons (Fsp3) is 0.824. The summed E-state index contributed by atoms with van der Waals surface area (Å²) in [7, 11) is 0. The molecule has 4 rings (SSSR count). The SMILES string of the molecule is NCC1CC(CC(=O)N2CCn3c(nnc3C3CCCC3)C2)C1. The lowest BCUT2D eigenvalue weighted by Crippen LogP contribution is -2.41. The van der Waals surface area contributed by atoms with E-state index in [1.54, 1.807) is 0 Å². The molecule has 0 unspecified atom stereocenters. The van der Waals surface area contributed by atoms with Gasteiger partial charge in [-0.3, -0.25) is 4.79 Å². The highest BCUT2D eigenvalue weighted by atomic mass is 16.2. The Labute approximate surface area is 137 Å². The predicted molar refractivity (Wildman–Crippen MR) is 86.5 cm³/mol. The zero-order valence-corrected chi connectivity index (χ0v) is 13.8. The van der Waals surface area contributed by atoms with Crippen LogP contribution in [0.2, 0.25) is 0 Å². The van der Waals surface area contributed by atoms with Gasteiger partial charge in [0.15, 0.2) is 5.82 Å². The molecule has 1 aromatic rings. The molecule has 0 saturated heterocycles. The minimum Gasteiger partial charge on any atom is -0.333 e. The molecule has 0 atom stereocenters. The van der Waals surface area contributed by atoms with Gasteiger partial charge in [0.2, 0.25) is 5.91 Å². The van der Waals surface area contributed by atoms with E-state index in [2.05, 4.69) is 14.8 Å². The first-order valence-electron chi connectivity index (χ1n) is 9.14. The van der Waals surface area contributed by atoms with Crippen molar-refractivity contribution in [1.82, 2.24) is 19.7 Å². The number of nitrogens with two attached hydrogens (primary N) is 1. The van der Waals surface area contributed by atoms with Crippen LogP contribution in [0.15, 0.2) is 0 Å². The topological polar surface area (TPSA) is 77.0 Å². The number of carbonyl (C=O) groups is 1. The number of carbonyl (C=O) groups excluding carboxylic acids is 1. The minimum atomic E-state index is 0.280. The number of nitrogens with zero attached hydrogens (tertiary/aromatic N) is 4. The van der Waals surface area contributed by atoms with E-state index in [4.69, 9.17) is 5.73 Å². The zero-order chi connectivity index (χ0) is 15.8. The second-order valence-electron chi connectivity index (χ2n) is 7.57. The van der Waals surface area contributed by atoms with Gasteiger partial charge in [-0.25, -0.2) is 0 Å². The summed E-state index contributed by atoms with van der Waals surface area (Å²) in [5.41, 5.74) is 5.66. The van der Waals surface area contributed by atoms with Gasteiger partial charge >= 0.3 is 0 Å². The molecule has 1 aromatic heterocycles. The number of hydrogen-bond acceptors (Lipinski definition) is 4. The van der Waals surface area contributed by atoms with Crippen LogP contribution in [0.1, 0.15) is 62.5 Å². The van der Waals surface area contributed by atoms with Crippen molar-refractivity contribution in [2.45, 2.75) is 64.0 Å². The molecule has 1 amide bonds. The quantitative estimate of drug-likeness (QED) is 0.916. The van der Waals surface area contributed by atoms with Crippen molar-refractivity contribution in [3.63, 3.8) is 0 Å². The zero-order valence-electron chi connectivity index (χ0n) is 13.8. The van der Waals surface area contributed by atoms with Crippen LogP contribution in [0, 0.1) is 11.8 Å². The number of aromatic nitrogens is 3. The lowest BCUT2D eigenvalue weighted by Gasteiger charge is -2.36. The minimum absolute atomic E-state index is 0.280. The smallest absolute Gasteiger partial charge is 0.223 e. The standard InChI is InChI=1S/C17H27N5O/c18-10-13-7-12(8-13)9-16(23)21-5-6-22-15(11-21)19-20-17(22)14-3-1-2-4-14/h12-14H,1-11,18H2. The van der Waals surface area contributed by atoms with Crippen molar-refractivity contribution in [2.75, 3.05) is 13.1 Å². The molecule has 2 saturated carbocycles. The first kappa shape index (κ1) is 15.1. The Morgan fingerprint density at radius 3 is 2.65 bits per heavy atom. The molecule has 2 fully saturated rings. The molecule has 6 heteroatoms. The fourth-order valence-corrected chi connectivity index (χ4v) is 4.49. The average molecular weight is 317 g/mol. The third-order valence-corrected chi connectivity index (χ3v) is 5.98. The molecular formula is C17H27N5O. The highest BCUT2D eigenvalue weighted by molar-refractivity contribution is 5.76. The number of amides is 1. The van der Waals surface area contributed by atoms with Gasteiger partial charge in [-0.15, -0.1) is 10.2 Å². The van der Waals surface area contributed by atoms with E-state index in [0.717, 1.165) is 44.1 Å². The molecule has 0 spiro atoms. The molecule has 0 radical (unpaired) electrons. The predicted octanol–water partition coefficient (Wildman–Crippen LogP) is 1.65. The first-order chi connectivity index (χ1) is 11.2. The lowest BCUT2D eigenvalue weighted by atomic mass is 9.73. The Balaban J connectivity index is 1.36. The summed E-state index contributed by atoms with van der Waals surface area (Å²) in [6.45, 7) is 3.06. The molecule has 0 aromatic carbocycles. The molecule has 2 heterocycles. The maximum atomic E-state index is 12.5. The van der Waals surface area contributed by atoms with Crippen LogP contribution < -0.4 is 5.73 Å². The summed E-state index contributed by atoms with van der Waals surface area (Å²) < 4.78 is 2.27. The van der Waals surface area contributed by atoms with Crippen molar-refractivity contribution < 1.29 is 4.79 Å². The van der Waals surface area contributed by atoms with Crippen molar-refractivity contribution >= 4 is 5.91 Å². The molecule has 3 aliphatic rings. The average Bonchev–Trinajstić information content (AvgIpc) is 3.17.